The third kappa shape index (κ3) is 4.68. The molecule has 1 aliphatic rings. The molecule has 1 aromatic heterocycles. The van der Waals surface area contributed by atoms with E-state index in [1.807, 2.05) is 17.8 Å². The van der Waals surface area contributed by atoms with E-state index in [2.05, 4.69) is 28.2 Å². The summed E-state index contributed by atoms with van der Waals surface area (Å²) in [5.41, 5.74) is 0. The van der Waals surface area contributed by atoms with Crippen LogP contribution in [0.2, 0.25) is 0 Å². The second kappa shape index (κ2) is 8.31. The maximum atomic E-state index is 12.8. The summed E-state index contributed by atoms with van der Waals surface area (Å²) in [4.78, 5) is 1.48. The van der Waals surface area contributed by atoms with Gasteiger partial charge in [-0.1, -0.05) is 6.92 Å². The number of hydrogen-bond donors (Lipinski definition) is 1. The maximum absolute atomic E-state index is 12.8. The lowest BCUT2D eigenvalue weighted by Crippen LogP contribution is -2.32. The van der Waals surface area contributed by atoms with E-state index in [1.54, 1.807) is 4.31 Å². The molecule has 21 heavy (non-hydrogen) atoms. The van der Waals surface area contributed by atoms with Crippen LogP contribution >= 0.6 is 39.0 Å². The highest BCUT2D eigenvalue weighted by atomic mass is 79.9. The number of thiophene rings is 1. The van der Waals surface area contributed by atoms with Crippen LogP contribution in [0, 0.1) is 0 Å². The van der Waals surface area contributed by atoms with Crippen molar-refractivity contribution in [3.63, 3.8) is 0 Å². The largest absolute Gasteiger partial charge is 0.312 e. The first-order chi connectivity index (χ1) is 10.1. The van der Waals surface area contributed by atoms with Crippen molar-refractivity contribution < 1.29 is 8.42 Å². The fourth-order valence-corrected chi connectivity index (χ4v) is 7.24. The first-order valence-corrected chi connectivity index (χ1v) is 11.3. The lowest BCUT2D eigenvalue weighted by molar-refractivity contribution is 0.435. The predicted molar refractivity (Wildman–Crippen MR) is 94.7 cm³/mol. The number of nitrogens with zero attached hydrogens (tertiary/aromatic N) is 1. The van der Waals surface area contributed by atoms with E-state index in [0.29, 0.717) is 21.8 Å². The number of nitrogens with one attached hydrogen (secondary N) is 1. The molecule has 8 heteroatoms. The third-order valence-electron chi connectivity index (χ3n) is 3.23. The van der Waals surface area contributed by atoms with Gasteiger partial charge in [0, 0.05) is 30.3 Å². The van der Waals surface area contributed by atoms with Gasteiger partial charge in [-0.3, -0.25) is 0 Å². The first kappa shape index (κ1) is 17.7. The first-order valence-electron chi connectivity index (χ1n) is 7.12. The van der Waals surface area contributed by atoms with Gasteiger partial charge < -0.3 is 5.32 Å². The van der Waals surface area contributed by atoms with Crippen LogP contribution in [0.1, 0.15) is 24.6 Å². The quantitative estimate of drug-likeness (QED) is 0.728. The highest BCUT2D eigenvalue weighted by Gasteiger charge is 2.28. The van der Waals surface area contributed by atoms with Gasteiger partial charge in [-0.2, -0.15) is 16.1 Å². The minimum Gasteiger partial charge on any atom is -0.312 e. The summed E-state index contributed by atoms with van der Waals surface area (Å²) in [6.45, 7) is 5.02. The molecule has 0 aromatic carbocycles. The van der Waals surface area contributed by atoms with Crippen LogP contribution in [0.3, 0.4) is 0 Å². The van der Waals surface area contributed by atoms with E-state index in [4.69, 9.17) is 0 Å². The second-order valence-corrected chi connectivity index (χ2v) is 10.5. The van der Waals surface area contributed by atoms with Gasteiger partial charge in [0.2, 0.25) is 10.0 Å². The zero-order valence-corrected chi connectivity index (χ0v) is 16.1. The van der Waals surface area contributed by atoms with Gasteiger partial charge in [0.25, 0.3) is 0 Å². The Morgan fingerprint density at radius 2 is 2.19 bits per heavy atom. The molecule has 1 fully saturated rings. The van der Waals surface area contributed by atoms with Crippen molar-refractivity contribution in [3.8, 4) is 0 Å². The summed E-state index contributed by atoms with van der Waals surface area (Å²) >= 11 is 6.76. The van der Waals surface area contributed by atoms with Crippen molar-refractivity contribution in [1.29, 1.82) is 0 Å². The van der Waals surface area contributed by atoms with Gasteiger partial charge in [-0.15, -0.1) is 11.3 Å². The van der Waals surface area contributed by atoms with Crippen molar-refractivity contribution in [3.05, 3.63) is 14.7 Å². The summed E-state index contributed by atoms with van der Waals surface area (Å²) in [6.07, 6.45) is 2.00. The van der Waals surface area contributed by atoms with E-state index >= 15 is 0 Å². The van der Waals surface area contributed by atoms with Crippen LogP contribution in [0.4, 0.5) is 0 Å². The number of sulfonamides is 1. The van der Waals surface area contributed by atoms with Crippen molar-refractivity contribution in [2.45, 2.75) is 31.2 Å². The topological polar surface area (TPSA) is 49.4 Å². The molecule has 0 aliphatic carbocycles. The standard InChI is InChI=1S/C13H21BrN2O2S3/c1-2-4-15-10-11-9-12(13(14)20-11)21(17,18)16-5-3-7-19-8-6-16/h9,15H,2-8,10H2,1H3. The Bertz CT molecular complexity index is 552. The zero-order chi connectivity index (χ0) is 15.3. The third-order valence-corrected chi connectivity index (χ3v) is 8.43. The second-order valence-electron chi connectivity index (χ2n) is 4.90. The fourth-order valence-electron chi connectivity index (χ4n) is 2.15. The molecule has 4 nitrogen and oxygen atoms in total. The molecular formula is C13H21BrN2O2S3. The summed E-state index contributed by atoms with van der Waals surface area (Å²) in [6, 6.07) is 1.81. The Labute approximate surface area is 143 Å². The Balaban J connectivity index is 2.15. The van der Waals surface area contributed by atoms with Crippen LogP contribution in [0.5, 0.6) is 0 Å². The summed E-state index contributed by atoms with van der Waals surface area (Å²) in [7, 11) is -3.37. The molecule has 0 unspecified atom stereocenters. The summed E-state index contributed by atoms with van der Waals surface area (Å²) in [5.74, 6) is 1.93. The number of thioether (sulfide) groups is 1. The van der Waals surface area contributed by atoms with Crippen LogP contribution < -0.4 is 5.32 Å². The predicted octanol–water partition coefficient (Wildman–Crippen LogP) is 3.14. The lowest BCUT2D eigenvalue weighted by atomic mass is 10.4. The van der Waals surface area contributed by atoms with E-state index in [0.717, 1.165) is 42.3 Å². The van der Waals surface area contributed by atoms with Crippen LogP contribution in [-0.2, 0) is 16.6 Å². The number of halogens is 1. The van der Waals surface area contributed by atoms with Crippen LogP contribution in [-0.4, -0.2) is 43.9 Å². The Morgan fingerprint density at radius 3 is 2.95 bits per heavy atom. The molecule has 1 aromatic rings. The molecule has 0 saturated carbocycles. The smallest absolute Gasteiger partial charge is 0.245 e. The van der Waals surface area contributed by atoms with Crippen molar-refractivity contribution in [2.75, 3.05) is 31.1 Å². The van der Waals surface area contributed by atoms with E-state index in [-0.39, 0.29) is 0 Å². The molecule has 0 amide bonds. The molecule has 2 heterocycles. The fraction of sp³-hybridized carbons (Fsp3) is 0.692. The monoisotopic (exact) mass is 412 g/mol. The number of hydrogen-bond acceptors (Lipinski definition) is 5. The van der Waals surface area contributed by atoms with Crippen molar-refractivity contribution >= 4 is 49.1 Å². The lowest BCUT2D eigenvalue weighted by Gasteiger charge is -2.19. The molecule has 1 aliphatic heterocycles. The minimum absolute atomic E-state index is 0.424. The summed E-state index contributed by atoms with van der Waals surface area (Å²) < 4.78 is 27.9. The SMILES string of the molecule is CCCNCc1cc(S(=O)(=O)N2CCCSCC2)c(Br)s1. The van der Waals surface area contributed by atoms with Crippen LogP contribution in [0.25, 0.3) is 0 Å². The van der Waals surface area contributed by atoms with Crippen LogP contribution in [0.15, 0.2) is 14.7 Å². The van der Waals surface area contributed by atoms with Gasteiger partial charge in [0.05, 0.1) is 3.79 Å². The van der Waals surface area contributed by atoms with Gasteiger partial charge >= 0.3 is 0 Å². The van der Waals surface area contributed by atoms with Gasteiger partial charge in [0.1, 0.15) is 4.90 Å². The highest BCUT2D eigenvalue weighted by Crippen LogP contribution is 2.34. The molecule has 0 bridgehead atoms. The molecule has 0 radical (unpaired) electrons. The van der Waals surface area contributed by atoms with Crippen molar-refractivity contribution in [1.82, 2.24) is 9.62 Å². The molecule has 1 saturated heterocycles. The Morgan fingerprint density at radius 1 is 1.38 bits per heavy atom. The maximum Gasteiger partial charge on any atom is 0.245 e. The Kier molecular flexibility index (Phi) is 7.02. The van der Waals surface area contributed by atoms with E-state index in [1.165, 1.54) is 11.3 Å². The number of rotatable bonds is 6. The molecule has 0 spiro atoms. The zero-order valence-electron chi connectivity index (χ0n) is 12.1. The highest BCUT2D eigenvalue weighted by molar-refractivity contribution is 9.11. The van der Waals surface area contributed by atoms with E-state index in [9.17, 15) is 8.42 Å². The molecule has 2 rings (SSSR count). The molecular weight excluding hydrogens is 392 g/mol. The summed E-state index contributed by atoms with van der Waals surface area (Å²) in [5, 5.41) is 3.31. The van der Waals surface area contributed by atoms with Gasteiger partial charge in [0.15, 0.2) is 0 Å². The van der Waals surface area contributed by atoms with E-state index < -0.39 is 10.0 Å². The molecule has 0 atom stereocenters. The molecule has 120 valence electrons. The Hall–Kier alpha value is 0.400. The van der Waals surface area contributed by atoms with Gasteiger partial charge in [-0.25, -0.2) is 8.42 Å². The molecule has 1 N–H and O–H groups in total. The van der Waals surface area contributed by atoms with Crippen molar-refractivity contribution in [2.24, 2.45) is 0 Å². The average molecular weight is 413 g/mol. The average Bonchev–Trinajstić information content (AvgIpc) is 2.67. The minimum atomic E-state index is -3.37. The normalized spacial score (nSPS) is 17.8. The van der Waals surface area contributed by atoms with Gasteiger partial charge in [-0.05, 0) is 47.1 Å².